The molecule has 0 aliphatic carbocycles. The Kier molecular flexibility index (Phi) is 2.34. The van der Waals surface area contributed by atoms with Gasteiger partial charge >= 0.3 is 0 Å². The number of aromatic nitrogens is 3. The minimum atomic E-state index is 0.341. The van der Waals surface area contributed by atoms with Gasteiger partial charge in [0.25, 0.3) is 0 Å². The van der Waals surface area contributed by atoms with Crippen molar-refractivity contribution in [2.45, 2.75) is 19.9 Å². The first kappa shape index (κ1) is 9.70. The van der Waals surface area contributed by atoms with Crippen molar-refractivity contribution in [3.63, 3.8) is 0 Å². The van der Waals surface area contributed by atoms with Crippen molar-refractivity contribution in [1.82, 2.24) is 14.8 Å². The van der Waals surface area contributed by atoms with Crippen LogP contribution in [0, 0.1) is 3.70 Å². The third-order valence-electron chi connectivity index (χ3n) is 2.07. The maximum Gasteiger partial charge on any atom is 0.135 e. The van der Waals surface area contributed by atoms with E-state index in [1.54, 1.807) is 6.20 Å². The van der Waals surface area contributed by atoms with E-state index in [9.17, 15) is 0 Å². The molecule has 0 bridgehead atoms. The smallest absolute Gasteiger partial charge is 0.135 e. The normalized spacial score (nSPS) is 11.4. The number of pyridine rings is 1. The van der Waals surface area contributed by atoms with Gasteiger partial charge in [-0.25, -0.2) is 4.98 Å². The standard InChI is InChI=1S/C9H11IN4/c1-5(2)14-8(10)7-6(13-14)3-4-12-9(7)11/h3-5H,1-2H3,(H2,11,12). The van der Waals surface area contributed by atoms with E-state index in [1.165, 1.54) is 0 Å². The Balaban J connectivity index is 2.81. The van der Waals surface area contributed by atoms with Gasteiger partial charge in [0, 0.05) is 12.2 Å². The van der Waals surface area contributed by atoms with Gasteiger partial charge in [-0.05, 0) is 42.5 Å². The van der Waals surface area contributed by atoms with Gasteiger partial charge < -0.3 is 5.73 Å². The number of nitrogens with two attached hydrogens (primary N) is 1. The molecular formula is C9H11IN4. The number of anilines is 1. The van der Waals surface area contributed by atoms with Crippen LogP contribution in [0.1, 0.15) is 19.9 Å². The third kappa shape index (κ3) is 1.35. The molecule has 0 fully saturated rings. The molecule has 0 amide bonds. The van der Waals surface area contributed by atoms with E-state index < -0.39 is 0 Å². The lowest BCUT2D eigenvalue weighted by Gasteiger charge is -2.05. The van der Waals surface area contributed by atoms with Gasteiger partial charge in [-0.2, -0.15) is 5.10 Å². The molecule has 4 nitrogen and oxygen atoms in total. The van der Waals surface area contributed by atoms with E-state index in [0.717, 1.165) is 14.6 Å². The van der Waals surface area contributed by atoms with Crippen LogP contribution in [0.5, 0.6) is 0 Å². The van der Waals surface area contributed by atoms with Crippen LogP contribution in [0.2, 0.25) is 0 Å². The minimum Gasteiger partial charge on any atom is -0.383 e. The molecule has 0 aliphatic heterocycles. The fourth-order valence-corrected chi connectivity index (χ4v) is 2.60. The molecule has 2 N–H and O–H groups in total. The summed E-state index contributed by atoms with van der Waals surface area (Å²) in [5.74, 6) is 0.554. The number of halogens is 1. The Morgan fingerprint density at radius 1 is 1.50 bits per heavy atom. The highest BCUT2D eigenvalue weighted by Crippen LogP contribution is 2.26. The van der Waals surface area contributed by atoms with Gasteiger partial charge in [-0.15, -0.1) is 0 Å². The molecule has 0 unspecified atom stereocenters. The molecule has 0 saturated heterocycles. The summed E-state index contributed by atoms with van der Waals surface area (Å²) in [6, 6.07) is 2.22. The van der Waals surface area contributed by atoms with Crippen molar-refractivity contribution in [1.29, 1.82) is 0 Å². The summed E-state index contributed by atoms with van der Waals surface area (Å²) in [7, 11) is 0. The number of rotatable bonds is 1. The summed E-state index contributed by atoms with van der Waals surface area (Å²) in [6.45, 7) is 4.19. The highest BCUT2D eigenvalue weighted by Gasteiger charge is 2.13. The topological polar surface area (TPSA) is 56.7 Å². The lowest BCUT2D eigenvalue weighted by molar-refractivity contribution is 0.526. The molecule has 2 aromatic rings. The molecular weight excluding hydrogens is 291 g/mol. The van der Waals surface area contributed by atoms with E-state index in [-0.39, 0.29) is 0 Å². The summed E-state index contributed by atoms with van der Waals surface area (Å²) >= 11 is 2.26. The van der Waals surface area contributed by atoms with Crippen molar-refractivity contribution < 1.29 is 0 Å². The van der Waals surface area contributed by atoms with Crippen LogP contribution in [0.15, 0.2) is 12.3 Å². The fourth-order valence-electron chi connectivity index (χ4n) is 1.38. The van der Waals surface area contributed by atoms with Crippen LogP contribution in [0.4, 0.5) is 5.82 Å². The Morgan fingerprint density at radius 3 is 2.79 bits per heavy atom. The number of nitrogens with zero attached hydrogens (tertiary/aromatic N) is 3. The predicted octanol–water partition coefficient (Wildman–Crippen LogP) is 2.20. The lowest BCUT2D eigenvalue weighted by atomic mass is 10.3. The molecule has 14 heavy (non-hydrogen) atoms. The number of hydrogen-bond donors (Lipinski definition) is 1. The largest absolute Gasteiger partial charge is 0.383 e. The van der Waals surface area contributed by atoms with Gasteiger partial charge in [0.05, 0.1) is 10.9 Å². The van der Waals surface area contributed by atoms with E-state index in [2.05, 4.69) is 46.5 Å². The van der Waals surface area contributed by atoms with Gasteiger partial charge in [0.2, 0.25) is 0 Å². The second-order valence-electron chi connectivity index (χ2n) is 3.42. The Bertz CT molecular complexity index is 475. The second kappa shape index (κ2) is 3.38. The van der Waals surface area contributed by atoms with Crippen LogP contribution >= 0.6 is 22.6 Å². The van der Waals surface area contributed by atoms with Crippen LogP contribution < -0.4 is 5.73 Å². The zero-order valence-corrected chi connectivity index (χ0v) is 10.2. The van der Waals surface area contributed by atoms with Crippen LogP contribution in [0.25, 0.3) is 10.9 Å². The van der Waals surface area contributed by atoms with E-state index in [0.29, 0.717) is 11.9 Å². The average Bonchev–Trinajstić information content (AvgIpc) is 2.45. The molecule has 0 aromatic carbocycles. The average molecular weight is 302 g/mol. The van der Waals surface area contributed by atoms with Crippen molar-refractivity contribution >= 4 is 39.3 Å². The maximum atomic E-state index is 5.80. The molecule has 74 valence electrons. The van der Waals surface area contributed by atoms with Crippen molar-refractivity contribution in [3.8, 4) is 0 Å². The van der Waals surface area contributed by atoms with E-state index in [4.69, 9.17) is 5.73 Å². The first-order valence-electron chi connectivity index (χ1n) is 4.39. The quantitative estimate of drug-likeness (QED) is 0.822. The predicted molar refractivity (Wildman–Crippen MR) is 65.0 cm³/mol. The molecule has 0 saturated carbocycles. The first-order chi connectivity index (χ1) is 6.61. The molecule has 0 aliphatic rings. The zero-order valence-electron chi connectivity index (χ0n) is 8.03. The monoisotopic (exact) mass is 302 g/mol. The Hall–Kier alpha value is -0.850. The highest BCUT2D eigenvalue weighted by molar-refractivity contribution is 14.1. The molecule has 0 spiro atoms. The van der Waals surface area contributed by atoms with Gasteiger partial charge in [0.1, 0.15) is 9.52 Å². The van der Waals surface area contributed by atoms with Crippen molar-refractivity contribution in [2.24, 2.45) is 0 Å². The summed E-state index contributed by atoms with van der Waals surface area (Å²) in [4.78, 5) is 4.06. The first-order valence-corrected chi connectivity index (χ1v) is 5.47. The molecule has 2 rings (SSSR count). The minimum absolute atomic E-state index is 0.341. The number of hydrogen-bond acceptors (Lipinski definition) is 3. The van der Waals surface area contributed by atoms with Crippen LogP contribution in [0.3, 0.4) is 0 Å². The molecule has 5 heteroatoms. The zero-order chi connectivity index (χ0) is 10.3. The van der Waals surface area contributed by atoms with Crippen molar-refractivity contribution in [3.05, 3.63) is 16.0 Å². The summed E-state index contributed by atoms with van der Waals surface area (Å²) in [5.41, 5.74) is 6.71. The molecule has 2 aromatic heterocycles. The van der Waals surface area contributed by atoms with E-state index in [1.807, 2.05) is 10.7 Å². The number of fused-ring (bicyclic) bond motifs is 1. The summed E-state index contributed by atoms with van der Waals surface area (Å²) in [6.07, 6.45) is 1.69. The summed E-state index contributed by atoms with van der Waals surface area (Å²) in [5, 5.41) is 5.42. The molecule has 2 heterocycles. The summed E-state index contributed by atoms with van der Waals surface area (Å²) < 4.78 is 3.02. The van der Waals surface area contributed by atoms with Gasteiger partial charge in [-0.1, -0.05) is 0 Å². The Labute approximate surface area is 95.6 Å². The van der Waals surface area contributed by atoms with Gasteiger partial charge in [-0.3, -0.25) is 4.68 Å². The molecule has 0 atom stereocenters. The highest BCUT2D eigenvalue weighted by atomic mass is 127. The maximum absolute atomic E-state index is 5.80. The van der Waals surface area contributed by atoms with Crippen LogP contribution in [-0.4, -0.2) is 14.8 Å². The van der Waals surface area contributed by atoms with E-state index >= 15 is 0 Å². The number of nitrogen functional groups attached to an aromatic ring is 1. The second-order valence-corrected chi connectivity index (χ2v) is 4.44. The van der Waals surface area contributed by atoms with Gasteiger partial charge in [0.15, 0.2) is 0 Å². The third-order valence-corrected chi connectivity index (χ3v) is 3.10. The lowest BCUT2D eigenvalue weighted by Crippen LogP contribution is -2.04. The van der Waals surface area contributed by atoms with Crippen LogP contribution in [-0.2, 0) is 0 Å². The fraction of sp³-hybridized carbons (Fsp3) is 0.333. The van der Waals surface area contributed by atoms with Crippen molar-refractivity contribution in [2.75, 3.05) is 5.73 Å². The Morgan fingerprint density at radius 2 is 2.21 bits per heavy atom. The SMILES string of the molecule is CC(C)n1nc2ccnc(N)c2c1I. The molecule has 0 radical (unpaired) electrons.